The highest BCUT2D eigenvalue weighted by atomic mass is 16.5. The van der Waals surface area contributed by atoms with Gasteiger partial charge in [-0.1, -0.05) is 56.3 Å². The van der Waals surface area contributed by atoms with E-state index in [1.165, 1.54) is 42.0 Å². The van der Waals surface area contributed by atoms with Crippen molar-refractivity contribution in [2.24, 2.45) is 0 Å². The van der Waals surface area contributed by atoms with Gasteiger partial charge in [0.1, 0.15) is 25.0 Å². The van der Waals surface area contributed by atoms with E-state index in [9.17, 15) is 5.11 Å². The van der Waals surface area contributed by atoms with Crippen LogP contribution >= 0.6 is 0 Å². The second-order valence-corrected chi connectivity index (χ2v) is 7.64. The number of benzene rings is 2. The zero-order valence-corrected chi connectivity index (χ0v) is 15.4. The normalized spacial score (nSPS) is 16.8. The molecule has 1 aliphatic heterocycles. The Morgan fingerprint density at radius 2 is 1.56 bits per heavy atom. The van der Waals surface area contributed by atoms with Crippen LogP contribution in [-0.2, 0) is 5.41 Å². The maximum absolute atomic E-state index is 10.2. The van der Waals surface area contributed by atoms with Crippen LogP contribution in [0, 0.1) is 0 Å². The first-order chi connectivity index (χ1) is 12.1. The summed E-state index contributed by atoms with van der Waals surface area (Å²) in [7, 11) is 0. The van der Waals surface area contributed by atoms with Gasteiger partial charge in [-0.3, -0.25) is 0 Å². The smallest absolute Gasteiger partial charge is 0.137 e. The van der Waals surface area contributed by atoms with Gasteiger partial charge in [0.05, 0.1) is 13.1 Å². The molecule has 1 saturated heterocycles. The summed E-state index contributed by atoms with van der Waals surface area (Å²) in [4.78, 5) is 1.50. The molecule has 0 aromatic heterocycles. The molecule has 0 saturated carbocycles. The van der Waals surface area contributed by atoms with Gasteiger partial charge in [0.2, 0.25) is 0 Å². The summed E-state index contributed by atoms with van der Waals surface area (Å²) in [6.07, 6.45) is 2.16. The van der Waals surface area contributed by atoms with Gasteiger partial charge in [0.15, 0.2) is 0 Å². The summed E-state index contributed by atoms with van der Waals surface area (Å²) in [5.41, 5.74) is 2.51. The van der Waals surface area contributed by atoms with Crippen molar-refractivity contribution in [2.75, 3.05) is 26.2 Å². The summed E-state index contributed by atoms with van der Waals surface area (Å²) in [5, 5.41) is 10.2. The van der Waals surface area contributed by atoms with Crippen LogP contribution in [0.2, 0.25) is 0 Å². The monoisotopic (exact) mass is 340 g/mol. The van der Waals surface area contributed by atoms with Crippen LogP contribution in [0.4, 0.5) is 0 Å². The number of rotatable bonds is 7. The molecule has 1 fully saturated rings. The number of aliphatic hydroxyl groups is 1. The number of hydrogen-bond acceptors (Lipinski definition) is 2. The van der Waals surface area contributed by atoms with Gasteiger partial charge in [0.25, 0.3) is 0 Å². The SMILES string of the molecule is CC(C)(c1ccccc1)c1ccc(OC[C@@H](O)C[NH+]2CCCC2)cc1. The number of ether oxygens (including phenoxy) is 1. The van der Waals surface area contributed by atoms with Gasteiger partial charge in [-0.2, -0.15) is 0 Å². The van der Waals surface area contributed by atoms with E-state index in [2.05, 4.69) is 50.2 Å². The van der Waals surface area contributed by atoms with Crippen LogP contribution < -0.4 is 9.64 Å². The number of aliphatic hydroxyl groups excluding tert-OH is 1. The molecule has 0 radical (unpaired) electrons. The summed E-state index contributed by atoms with van der Waals surface area (Å²) in [6, 6.07) is 18.8. The van der Waals surface area contributed by atoms with Gasteiger partial charge in [-0.25, -0.2) is 0 Å². The van der Waals surface area contributed by atoms with Gasteiger partial charge < -0.3 is 14.7 Å². The molecule has 0 spiro atoms. The van der Waals surface area contributed by atoms with Crippen molar-refractivity contribution in [3.8, 4) is 5.75 Å². The van der Waals surface area contributed by atoms with E-state index in [4.69, 9.17) is 4.74 Å². The zero-order valence-electron chi connectivity index (χ0n) is 15.4. The molecule has 2 N–H and O–H groups in total. The van der Waals surface area contributed by atoms with Crippen LogP contribution in [0.3, 0.4) is 0 Å². The summed E-state index contributed by atoms with van der Waals surface area (Å²) in [6.45, 7) is 7.99. The highest BCUT2D eigenvalue weighted by Crippen LogP contribution is 2.32. The van der Waals surface area contributed by atoms with E-state index >= 15 is 0 Å². The lowest BCUT2D eigenvalue weighted by atomic mass is 9.78. The molecule has 0 amide bonds. The molecule has 0 aliphatic carbocycles. The fourth-order valence-electron chi connectivity index (χ4n) is 3.65. The first kappa shape index (κ1) is 18.0. The van der Waals surface area contributed by atoms with E-state index in [0.717, 1.165) is 12.3 Å². The Bertz CT molecular complexity index is 645. The molecule has 25 heavy (non-hydrogen) atoms. The van der Waals surface area contributed by atoms with E-state index in [1.54, 1.807) is 0 Å². The molecule has 2 aromatic carbocycles. The Morgan fingerprint density at radius 1 is 0.960 bits per heavy atom. The molecule has 3 rings (SSSR count). The van der Waals surface area contributed by atoms with E-state index in [1.807, 2.05) is 18.2 Å². The number of nitrogens with one attached hydrogen (secondary N) is 1. The van der Waals surface area contributed by atoms with Gasteiger partial charge in [-0.05, 0) is 23.3 Å². The van der Waals surface area contributed by atoms with Crippen LogP contribution in [0.25, 0.3) is 0 Å². The van der Waals surface area contributed by atoms with Crippen molar-refractivity contribution in [1.82, 2.24) is 0 Å². The average molecular weight is 340 g/mol. The molecular formula is C22H30NO2+. The highest BCUT2D eigenvalue weighted by Gasteiger charge is 2.23. The fourth-order valence-corrected chi connectivity index (χ4v) is 3.65. The van der Waals surface area contributed by atoms with E-state index in [-0.39, 0.29) is 5.41 Å². The van der Waals surface area contributed by atoms with Crippen LogP contribution in [-0.4, -0.2) is 37.5 Å². The first-order valence-corrected chi connectivity index (χ1v) is 9.36. The topological polar surface area (TPSA) is 33.9 Å². The molecule has 2 aromatic rings. The molecule has 3 nitrogen and oxygen atoms in total. The number of hydrogen-bond donors (Lipinski definition) is 2. The summed E-state index contributed by atoms with van der Waals surface area (Å²) in [5.74, 6) is 0.822. The van der Waals surface area contributed by atoms with Crippen LogP contribution in [0.1, 0.15) is 37.8 Å². The fraction of sp³-hybridized carbons (Fsp3) is 0.455. The van der Waals surface area contributed by atoms with Gasteiger partial charge >= 0.3 is 0 Å². The standard InChI is InChI=1S/C22H29NO2/c1-22(2,18-8-4-3-5-9-18)19-10-12-21(13-11-19)25-17-20(24)16-23-14-6-7-15-23/h3-5,8-13,20,24H,6-7,14-17H2,1-2H3/p+1/t20-/m0/s1. The summed E-state index contributed by atoms with van der Waals surface area (Å²) < 4.78 is 5.79. The lowest BCUT2D eigenvalue weighted by Crippen LogP contribution is -3.11. The second kappa shape index (κ2) is 8.03. The van der Waals surface area contributed by atoms with Crippen LogP contribution in [0.15, 0.2) is 54.6 Å². The molecule has 134 valence electrons. The molecule has 0 bridgehead atoms. The summed E-state index contributed by atoms with van der Waals surface area (Å²) >= 11 is 0. The van der Waals surface area contributed by atoms with Crippen molar-refractivity contribution in [3.05, 3.63) is 65.7 Å². The Hall–Kier alpha value is -1.84. The highest BCUT2D eigenvalue weighted by molar-refractivity contribution is 5.39. The molecule has 0 unspecified atom stereocenters. The lowest BCUT2D eigenvalue weighted by Gasteiger charge is -2.26. The van der Waals surface area contributed by atoms with Crippen LogP contribution in [0.5, 0.6) is 5.75 Å². The number of likely N-dealkylation sites (tertiary alicyclic amines) is 1. The zero-order chi connectivity index (χ0) is 17.7. The largest absolute Gasteiger partial charge is 0.491 e. The molecular weight excluding hydrogens is 310 g/mol. The predicted octanol–water partition coefficient (Wildman–Crippen LogP) is 2.43. The van der Waals surface area contributed by atoms with E-state index in [0.29, 0.717) is 6.61 Å². The van der Waals surface area contributed by atoms with Gasteiger partial charge in [-0.15, -0.1) is 0 Å². The molecule has 1 aliphatic rings. The van der Waals surface area contributed by atoms with Crippen molar-refractivity contribution in [2.45, 2.75) is 38.2 Å². The third-order valence-electron chi connectivity index (χ3n) is 5.35. The Labute approximate surface area is 151 Å². The maximum Gasteiger partial charge on any atom is 0.137 e. The number of quaternary nitrogens is 1. The minimum Gasteiger partial charge on any atom is -0.491 e. The average Bonchev–Trinajstić information content (AvgIpc) is 3.14. The Morgan fingerprint density at radius 3 is 2.20 bits per heavy atom. The Kier molecular flexibility index (Phi) is 5.77. The minimum atomic E-state index is -0.395. The third-order valence-corrected chi connectivity index (χ3v) is 5.35. The molecule has 1 heterocycles. The predicted molar refractivity (Wildman–Crippen MR) is 101 cm³/mol. The first-order valence-electron chi connectivity index (χ1n) is 9.36. The maximum atomic E-state index is 10.2. The lowest BCUT2D eigenvalue weighted by molar-refractivity contribution is -0.890. The minimum absolute atomic E-state index is 0.0432. The van der Waals surface area contributed by atoms with E-state index < -0.39 is 6.10 Å². The van der Waals surface area contributed by atoms with Crippen molar-refractivity contribution >= 4 is 0 Å². The molecule has 3 heteroatoms. The quantitative estimate of drug-likeness (QED) is 0.812. The molecule has 1 atom stereocenters. The Balaban J connectivity index is 1.56. The van der Waals surface area contributed by atoms with Crippen molar-refractivity contribution < 1.29 is 14.7 Å². The van der Waals surface area contributed by atoms with Crippen molar-refractivity contribution in [3.63, 3.8) is 0 Å². The second-order valence-electron chi connectivity index (χ2n) is 7.64. The van der Waals surface area contributed by atoms with Crippen molar-refractivity contribution in [1.29, 1.82) is 0 Å². The van der Waals surface area contributed by atoms with Gasteiger partial charge in [0, 0.05) is 18.3 Å². The third kappa shape index (κ3) is 4.62.